The van der Waals surface area contributed by atoms with Gasteiger partial charge in [-0.2, -0.15) is 17.0 Å². The van der Waals surface area contributed by atoms with Crippen LogP contribution in [0.25, 0.3) is 0 Å². The van der Waals surface area contributed by atoms with Crippen LogP contribution in [0.3, 0.4) is 0 Å². The SMILES string of the molecule is CSC1CCC(Nc2cnccc2C#N)C1. The van der Waals surface area contributed by atoms with E-state index < -0.39 is 0 Å². The van der Waals surface area contributed by atoms with E-state index in [9.17, 15) is 0 Å². The highest BCUT2D eigenvalue weighted by molar-refractivity contribution is 7.99. The topological polar surface area (TPSA) is 48.7 Å². The van der Waals surface area contributed by atoms with Gasteiger partial charge >= 0.3 is 0 Å². The van der Waals surface area contributed by atoms with Crippen molar-refractivity contribution in [3.8, 4) is 6.07 Å². The van der Waals surface area contributed by atoms with Gasteiger partial charge in [-0.1, -0.05) is 0 Å². The van der Waals surface area contributed by atoms with Gasteiger partial charge in [0.05, 0.1) is 17.4 Å². The van der Waals surface area contributed by atoms with E-state index in [1.165, 1.54) is 19.3 Å². The Morgan fingerprint density at radius 1 is 1.56 bits per heavy atom. The number of rotatable bonds is 3. The molecule has 1 aromatic heterocycles. The first-order valence-electron chi connectivity index (χ1n) is 5.47. The van der Waals surface area contributed by atoms with Crippen molar-refractivity contribution >= 4 is 17.4 Å². The molecule has 0 bridgehead atoms. The quantitative estimate of drug-likeness (QED) is 0.872. The van der Waals surface area contributed by atoms with Gasteiger partial charge in [0.2, 0.25) is 0 Å². The number of hydrogen-bond donors (Lipinski definition) is 1. The van der Waals surface area contributed by atoms with Crippen LogP contribution in [0.4, 0.5) is 5.69 Å². The minimum atomic E-state index is 0.494. The Bertz CT molecular complexity index is 399. The molecular formula is C12H15N3S. The molecule has 0 amide bonds. The molecule has 1 N–H and O–H groups in total. The van der Waals surface area contributed by atoms with E-state index in [1.807, 2.05) is 11.8 Å². The van der Waals surface area contributed by atoms with Gasteiger partial charge in [0.25, 0.3) is 0 Å². The maximum atomic E-state index is 8.97. The maximum absolute atomic E-state index is 8.97. The largest absolute Gasteiger partial charge is 0.380 e. The first-order valence-corrected chi connectivity index (χ1v) is 6.75. The van der Waals surface area contributed by atoms with Crippen molar-refractivity contribution in [3.63, 3.8) is 0 Å². The number of pyridine rings is 1. The van der Waals surface area contributed by atoms with Gasteiger partial charge in [0.1, 0.15) is 6.07 Å². The molecule has 1 fully saturated rings. The van der Waals surface area contributed by atoms with E-state index >= 15 is 0 Å². The average Bonchev–Trinajstić information content (AvgIpc) is 2.77. The standard InChI is InChI=1S/C12H15N3S/c1-16-11-3-2-10(6-11)15-12-8-14-5-4-9(12)7-13/h4-5,8,10-11,15H,2-3,6H2,1H3. The van der Waals surface area contributed by atoms with Gasteiger partial charge in [-0.05, 0) is 31.6 Å². The van der Waals surface area contributed by atoms with Crippen LogP contribution in [0.15, 0.2) is 18.5 Å². The summed E-state index contributed by atoms with van der Waals surface area (Å²) in [6.07, 6.45) is 9.19. The molecule has 1 heterocycles. The van der Waals surface area contributed by atoms with Crippen LogP contribution in [0.1, 0.15) is 24.8 Å². The van der Waals surface area contributed by atoms with Crippen molar-refractivity contribution in [3.05, 3.63) is 24.0 Å². The smallest absolute Gasteiger partial charge is 0.101 e. The third kappa shape index (κ3) is 2.48. The third-order valence-electron chi connectivity index (χ3n) is 3.02. The lowest BCUT2D eigenvalue weighted by Gasteiger charge is -2.14. The van der Waals surface area contributed by atoms with Crippen LogP contribution in [0.5, 0.6) is 0 Å². The van der Waals surface area contributed by atoms with Crippen LogP contribution >= 0.6 is 11.8 Å². The summed E-state index contributed by atoms with van der Waals surface area (Å²) in [4.78, 5) is 4.06. The lowest BCUT2D eigenvalue weighted by Crippen LogP contribution is -2.16. The molecular weight excluding hydrogens is 218 g/mol. The fraction of sp³-hybridized carbons (Fsp3) is 0.500. The summed E-state index contributed by atoms with van der Waals surface area (Å²) >= 11 is 1.94. The van der Waals surface area contributed by atoms with Crippen molar-refractivity contribution in [2.75, 3.05) is 11.6 Å². The second kappa shape index (κ2) is 5.22. The molecule has 1 aliphatic carbocycles. The van der Waals surface area contributed by atoms with Crippen molar-refractivity contribution in [2.24, 2.45) is 0 Å². The van der Waals surface area contributed by atoms with Gasteiger partial charge in [-0.25, -0.2) is 0 Å². The second-order valence-electron chi connectivity index (χ2n) is 4.05. The highest BCUT2D eigenvalue weighted by Gasteiger charge is 2.24. The molecule has 2 unspecified atom stereocenters. The zero-order chi connectivity index (χ0) is 11.4. The summed E-state index contributed by atoms with van der Waals surface area (Å²) in [5.74, 6) is 0. The Morgan fingerprint density at radius 2 is 2.44 bits per heavy atom. The number of nitrogens with one attached hydrogen (secondary N) is 1. The number of anilines is 1. The van der Waals surface area contributed by atoms with E-state index in [1.54, 1.807) is 18.5 Å². The molecule has 4 heteroatoms. The summed E-state index contributed by atoms with van der Waals surface area (Å²) in [7, 11) is 0. The number of thioether (sulfide) groups is 1. The summed E-state index contributed by atoms with van der Waals surface area (Å²) in [5.41, 5.74) is 1.55. The van der Waals surface area contributed by atoms with Crippen LogP contribution in [-0.4, -0.2) is 22.5 Å². The normalized spacial score (nSPS) is 24.0. The minimum absolute atomic E-state index is 0.494. The van der Waals surface area contributed by atoms with E-state index in [2.05, 4.69) is 22.6 Å². The van der Waals surface area contributed by atoms with Gasteiger partial charge in [-0.3, -0.25) is 4.98 Å². The first-order chi connectivity index (χ1) is 7.83. The van der Waals surface area contributed by atoms with Gasteiger partial charge in [0.15, 0.2) is 0 Å². The molecule has 1 aromatic rings. The highest BCUT2D eigenvalue weighted by Crippen LogP contribution is 2.30. The molecule has 0 spiro atoms. The second-order valence-corrected chi connectivity index (χ2v) is 5.18. The molecule has 84 valence electrons. The Labute approximate surface area is 100 Å². The summed E-state index contributed by atoms with van der Waals surface area (Å²) in [6.45, 7) is 0. The highest BCUT2D eigenvalue weighted by atomic mass is 32.2. The number of hydrogen-bond acceptors (Lipinski definition) is 4. The average molecular weight is 233 g/mol. The predicted octanol–water partition coefficient (Wildman–Crippen LogP) is 2.65. The van der Waals surface area contributed by atoms with E-state index in [4.69, 9.17) is 5.26 Å². The van der Waals surface area contributed by atoms with E-state index in [0.29, 0.717) is 11.6 Å². The fourth-order valence-electron chi connectivity index (χ4n) is 2.11. The molecule has 16 heavy (non-hydrogen) atoms. The predicted molar refractivity (Wildman–Crippen MR) is 67.5 cm³/mol. The molecule has 3 nitrogen and oxygen atoms in total. The summed E-state index contributed by atoms with van der Waals surface area (Å²) in [6, 6.07) is 4.43. The molecule has 2 atom stereocenters. The van der Waals surface area contributed by atoms with Crippen molar-refractivity contribution in [2.45, 2.75) is 30.6 Å². The maximum Gasteiger partial charge on any atom is 0.101 e. The van der Waals surface area contributed by atoms with Crippen LogP contribution in [0.2, 0.25) is 0 Å². The molecule has 2 rings (SSSR count). The zero-order valence-corrected chi connectivity index (χ0v) is 10.1. The van der Waals surface area contributed by atoms with Crippen LogP contribution < -0.4 is 5.32 Å². The Morgan fingerprint density at radius 3 is 3.12 bits per heavy atom. The monoisotopic (exact) mass is 233 g/mol. The molecule has 1 aliphatic rings. The van der Waals surface area contributed by atoms with Gasteiger partial charge < -0.3 is 5.32 Å². The Hall–Kier alpha value is -1.21. The molecule has 0 aliphatic heterocycles. The molecule has 0 saturated heterocycles. The fourth-order valence-corrected chi connectivity index (χ4v) is 2.91. The zero-order valence-electron chi connectivity index (χ0n) is 9.31. The van der Waals surface area contributed by atoms with Crippen LogP contribution in [-0.2, 0) is 0 Å². The van der Waals surface area contributed by atoms with E-state index in [0.717, 1.165) is 10.9 Å². The molecule has 0 radical (unpaired) electrons. The summed E-state index contributed by atoms with van der Waals surface area (Å²) < 4.78 is 0. The van der Waals surface area contributed by atoms with E-state index in [-0.39, 0.29) is 0 Å². The first kappa shape index (κ1) is 11.3. The van der Waals surface area contributed by atoms with Gasteiger partial charge in [0, 0.05) is 17.5 Å². The lowest BCUT2D eigenvalue weighted by molar-refractivity contribution is 0.756. The summed E-state index contributed by atoms with van der Waals surface area (Å²) in [5, 5.41) is 13.2. The number of nitriles is 1. The van der Waals surface area contributed by atoms with Crippen molar-refractivity contribution in [1.82, 2.24) is 4.98 Å². The van der Waals surface area contributed by atoms with Crippen molar-refractivity contribution < 1.29 is 0 Å². The Kier molecular flexibility index (Phi) is 3.68. The third-order valence-corrected chi connectivity index (χ3v) is 4.11. The number of nitrogens with zero attached hydrogens (tertiary/aromatic N) is 2. The lowest BCUT2D eigenvalue weighted by atomic mass is 10.2. The minimum Gasteiger partial charge on any atom is -0.380 e. The van der Waals surface area contributed by atoms with Crippen molar-refractivity contribution in [1.29, 1.82) is 5.26 Å². The number of aromatic nitrogens is 1. The Balaban J connectivity index is 2.02. The van der Waals surface area contributed by atoms with Crippen LogP contribution in [0, 0.1) is 11.3 Å². The van der Waals surface area contributed by atoms with Gasteiger partial charge in [-0.15, -0.1) is 0 Å². The molecule has 1 saturated carbocycles. The molecule has 0 aromatic carbocycles.